The maximum atomic E-state index is 5.79. The zero-order valence-corrected chi connectivity index (χ0v) is 14.2. The van der Waals surface area contributed by atoms with Gasteiger partial charge in [-0.05, 0) is 62.3 Å². The Hall–Kier alpha value is -0.160. The standard InChI is InChI=1S/C18H31NO3/c1-20-13-6-11-4-5-19-10-12-7-16(21-2)17(22-3)9-14(12)15(8-13)18(11)19/h11-18H,4-10H2,1-3H3. The van der Waals surface area contributed by atoms with E-state index in [1.165, 1.54) is 45.2 Å². The molecular weight excluding hydrogens is 278 g/mol. The zero-order chi connectivity index (χ0) is 15.3. The molecule has 8 atom stereocenters. The SMILES string of the molecule is COC1CC2CCN3CC4CC(OC)C(OC)CC4C(C1)C23. The molecule has 4 heteroatoms. The first-order valence-electron chi connectivity index (χ1n) is 9.07. The molecule has 0 spiro atoms. The molecule has 22 heavy (non-hydrogen) atoms. The number of nitrogens with zero attached hydrogens (tertiary/aromatic N) is 1. The van der Waals surface area contributed by atoms with Crippen molar-refractivity contribution in [3.05, 3.63) is 0 Å². The monoisotopic (exact) mass is 309 g/mol. The van der Waals surface area contributed by atoms with Gasteiger partial charge in [0.15, 0.2) is 0 Å². The van der Waals surface area contributed by atoms with E-state index in [4.69, 9.17) is 14.2 Å². The topological polar surface area (TPSA) is 30.9 Å². The van der Waals surface area contributed by atoms with Crippen LogP contribution in [0.5, 0.6) is 0 Å². The highest BCUT2D eigenvalue weighted by molar-refractivity contribution is 5.06. The Balaban J connectivity index is 1.58. The van der Waals surface area contributed by atoms with Gasteiger partial charge in [0.1, 0.15) is 0 Å². The molecule has 0 N–H and O–H groups in total. The molecule has 0 aromatic carbocycles. The summed E-state index contributed by atoms with van der Waals surface area (Å²) in [4.78, 5) is 2.81. The lowest BCUT2D eigenvalue weighted by Crippen LogP contribution is -2.59. The number of hydrogen-bond acceptors (Lipinski definition) is 4. The molecule has 0 amide bonds. The lowest BCUT2D eigenvalue weighted by Gasteiger charge is -2.55. The molecule has 0 radical (unpaired) electrons. The van der Waals surface area contributed by atoms with E-state index in [0.29, 0.717) is 6.10 Å². The highest BCUT2D eigenvalue weighted by atomic mass is 16.5. The highest BCUT2D eigenvalue weighted by Crippen LogP contribution is 2.52. The van der Waals surface area contributed by atoms with Crippen LogP contribution in [0.25, 0.3) is 0 Å². The third-order valence-corrected chi connectivity index (χ3v) is 7.25. The van der Waals surface area contributed by atoms with Crippen molar-refractivity contribution in [3.8, 4) is 0 Å². The van der Waals surface area contributed by atoms with Crippen LogP contribution in [0.4, 0.5) is 0 Å². The van der Waals surface area contributed by atoms with E-state index in [9.17, 15) is 0 Å². The molecule has 2 aliphatic heterocycles. The van der Waals surface area contributed by atoms with Crippen LogP contribution in [-0.4, -0.2) is 63.7 Å². The van der Waals surface area contributed by atoms with Crippen LogP contribution >= 0.6 is 0 Å². The highest BCUT2D eigenvalue weighted by Gasteiger charge is 2.54. The minimum absolute atomic E-state index is 0.278. The smallest absolute Gasteiger partial charge is 0.0836 e. The molecule has 0 bridgehead atoms. The predicted molar refractivity (Wildman–Crippen MR) is 84.8 cm³/mol. The van der Waals surface area contributed by atoms with E-state index in [2.05, 4.69) is 4.90 Å². The van der Waals surface area contributed by atoms with E-state index in [-0.39, 0.29) is 12.2 Å². The van der Waals surface area contributed by atoms with E-state index in [1.807, 2.05) is 21.3 Å². The first-order valence-corrected chi connectivity index (χ1v) is 9.07. The molecule has 4 nitrogen and oxygen atoms in total. The molecule has 2 saturated heterocycles. The second-order valence-corrected chi connectivity index (χ2v) is 7.97. The Bertz CT molecular complexity index is 402. The van der Waals surface area contributed by atoms with Crippen molar-refractivity contribution in [2.45, 2.75) is 56.5 Å². The van der Waals surface area contributed by atoms with Gasteiger partial charge in [-0.3, -0.25) is 4.90 Å². The number of rotatable bonds is 3. The lowest BCUT2D eigenvalue weighted by atomic mass is 9.60. The third-order valence-electron chi connectivity index (χ3n) is 7.25. The van der Waals surface area contributed by atoms with Crippen molar-refractivity contribution < 1.29 is 14.2 Å². The van der Waals surface area contributed by atoms with E-state index in [0.717, 1.165) is 29.7 Å². The van der Waals surface area contributed by atoms with Crippen molar-refractivity contribution in [2.75, 3.05) is 34.4 Å². The average molecular weight is 309 g/mol. The first-order chi connectivity index (χ1) is 10.7. The van der Waals surface area contributed by atoms with Gasteiger partial charge in [-0.25, -0.2) is 0 Å². The first kappa shape index (κ1) is 15.4. The minimum Gasteiger partial charge on any atom is -0.381 e. The van der Waals surface area contributed by atoms with Gasteiger partial charge in [0.05, 0.1) is 18.3 Å². The quantitative estimate of drug-likeness (QED) is 0.799. The molecule has 126 valence electrons. The van der Waals surface area contributed by atoms with E-state index >= 15 is 0 Å². The molecule has 2 aliphatic carbocycles. The van der Waals surface area contributed by atoms with Crippen molar-refractivity contribution in [1.82, 2.24) is 4.90 Å². The van der Waals surface area contributed by atoms with Gasteiger partial charge < -0.3 is 14.2 Å². The Morgan fingerprint density at radius 2 is 1.55 bits per heavy atom. The molecular formula is C18H31NO3. The van der Waals surface area contributed by atoms with Crippen molar-refractivity contribution in [1.29, 1.82) is 0 Å². The normalized spacial score (nSPS) is 51.4. The molecule has 8 unspecified atom stereocenters. The van der Waals surface area contributed by atoms with E-state index in [1.54, 1.807) is 0 Å². The average Bonchev–Trinajstić information content (AvgIpc) is 2.97. The molecule has 4 rings (SSSR count). The van der Waals surface area contributed by atoms with Crippen molar-refractivity contribution in [2.24, 2.45) is 23.7 Å². The lowest BCUT2D eigenvalue weighted by molar-refractivity contribution is -0.137. The van der Waals surface area contributed by atoms with Gasteiger partial charge in [0.25, 0.3) is 0 Å². The Labute approximate surface area is 134 Å². The van der Waals surface area contributed by atoms with Crippen LogP contribution in [0.15, 0.2) is 0 Å². The second-order valence-electron chi connectivity index (χ2n) is 7.97. The summed E-state index contributed by atoms with van der Waals surface area (Å²) in [7, 11) is 5.59. The molecule has 0 aromatic rings. The fourth-order valence-electron chi connectivity index (χ4n) is 6.31. The summed E-state index contributed by atoms with van der Waals surface area (Å²) >= 11 is 0. The number of fused-ring (bicyclic) bond motifs is 2. The fourth-order valence-corrected chi connectivity index (χ4v) is 6.31. The van der Waals surface area contributed by atoms with Gasteiger partial charge in [-0.15, -0.1) is 0 Å². The summed E-state index contributed by atoms with van der Waals surface area (Å²) < 4.78 is 17.3. The number of piperidine rings is 1. The zero-order valence-electron chi connectivity index (χ0n) is 14.2. The predicted octanol–water partition coefficient (Wildman–Crippen LogP) is 2.17. The maximum absolute atomic E-state index is 5.79. The van der Waals surface area contributed by atoms with Crippen molar-refractivity contribution in [3.63, 3.8) is 0 Å². The molecule has 2 saturated carbocycles. The van der Waals surface area contributed by atoms with Gasteiger partial charge in [0, 0.05) is 33.9 Å². The van der Waals surface area contributed by atoms with Gasteiger partial charge >= 0.3 is 0 Å². The minimum atomic E-state index is 0.278. The molecule has 2 heterocycles. The molecule has 0 aromatic heterocycles. The summed E-state index contributed by atoms with van der Waals surface area (Å²) in [5, 5.41) is 0. The summed E-state index contributed by atoms with van der Waals surface area (Å²) in [5.41, 5.74) is 0. The summed E-state index contributed by atoms with van der Waals surface area (Å²) in [6.45, 7) is 2.59. The molecule has 4 aliphatic rings. The van der Waals surface area contributed by atoms with Crippen LogP contribution in [0.3, 0.4) is 0 Å². The Morgan fingerprint density at radius 3 is 2.27 bits per heavy atom. The van der Waals surface area contributed by atoms with Crippen molar-refractivity contribution >= 4 is 0 Å². The van der Waals surface area contributed by atoms with Crippen LogP contribution < -0.4 is 0 Å². The van der Waals surface area contributed by atoms with Gasteiger partial charge in [0.2, 0.25) is 0 Å². The number of ether oxygens (including phenoxy) is 3. The van der Waals surface area contributed by atoms with Crippen LogP contribution in [0, 0.1) is 23.7 Å². The summed E-state index contributed by atoms with van der Waals surface area (Å²) in [6, 6.07) is 0.823. The summed E-state index contributed by atoms with van der Waals surface area (Å²) in [5.74, 6) is 3.26. The summed E-state index contributed by atoms with van der Waals surface area (Å²) in [6.07, 6.45) is 7.29. The number of hydrogen-bond donors (Lipinski definition) is 0. The van der Waals surface area contributed by atoms with Crippen LogP contribution in [0.1, 0.15) is 32.1 Å². The van der Waals surface area contributed by atoms with Crippen LogP contribution in [0.2, 0.25) is 0 Å². The van der Waals surface area contributed by atoms with E-state index < -0.39 is 0 Å². The third kappa shape index (κ3) is 2.34. The van der Waals surface area contributed by atoms with Gasteiger partial charge in [-0.2, -0.15) is 0 Å². The number of methoxy groups -OCH3 is 3. The Kier molecular flexibility index (Phi) is 4.22. The maximum Gasteiger partial charge on any atom is 0.0836 e. The second kappa shape index (κ2) is 6.04. The fraction of sp³-hybridized carbons (Fsp3) is 1.00. The largest absolute Gasteiger partial charge is 0.381 e. The Morgan fingerprint density at radius 1 is 0.773 bits per heavy atom. The van der Waals surface area contributed by atoms with Gasteiger partial charge in [-0.1, -0.05) is 0 Å². The van der Waals surface area contributed by atoms with Crippen LogP contribution in [-0.2, 0) is 14.2 Å². The molecule has 4 fully saturated rings.